The van der Waals surface area contributed by atoms with E-state index in [0.717, 1.165) is 104 Å². The number of anilines is 1. The number of Topliss-reactive ketones (excluding diaryl/α,β-unsaturated/α-hetero) is 1. The fourth-order valence-electron chi connectivity index (χ4n) is 8.09. The van der Waals surface area contributed by atoms with Gasteiger partial charge in [0.1, 0.15) is 0 Å². The van der Waals surface area contributed by atoms with Gasteiger partial charge in [-0.2, -0.15) is 10.2 Å². The summed E-state index contributed by atoms with van der Waals surface area (Å²) in [4.78, 5) is 27.4. The standard InChI is InChI=1S/C32H35N5O3.C14H18N4O2/c1-39-31-24(20-25(22-34-31)27-13-17-35-37(27)30-12-6-8-18-40-30)21-28(38)26(19-23-9-3-2-4-10-23)36-32(14-15-32)29-11-5-7-16-33-29;1-19-14-11(15)8-10(9-16-14)12-5-6-17-18(12)13-4-2-3-7-20-13/h2-5,7,9-11,13,16-17,20,22,26,30,36H,6,8,12,14-15,18-19,21H2,1H3;5-6,8-9,13H,2-4,7,15H2,1H3/t26-,30?;/m0./s1. The molecule has 3 fully saturated rings. The smallest absolute Gasteiger partial charge is 0.236 e. The van der Waals surface area contributed by atoms with E-state index in [0.29, 0.717) is 23.9 Å². The molecule has 6 aromatic rings. The lowest BCUT2D eigenvalue weighted by Crippen LogP contribution is -2.46. The Morgan fingerprint density at radius 2 is 1.40 bits per heavy atom. The SMILES string of the molecule is COc1ncc(-c2ccnn2C2CCCCO2)cc1CC(=O)[C@H](Cc1ccccc1)NC1(c2ccccn2)CC1.COc1ncc(-c2ccnn2C2CCCCO2)cc1N. The van der Waals surface area contributed by atoms with Crippen LogP contribution in [0.2, 0.25) is 0 Å². The topological polar surface area (TPSA) is 166 Å². The molecule has 1 aliphatic carbocycles. The second-order valence-corrected chi connectivity index (χ2v) is 15.5. The summed E-state index contributed by atoms with van der Waals surface area (Å²) in [6.07, 6.45) is 17.9. The van der Waals surface area contributed by atoms with Gasteiger partial charge in [-0.15, -0.1) is 0 Å². The Labute approximate surface area is 350 Å². The summed E-state index contributed by atoms with van der Waals surface area (Å²) < 4.78 is 26.3. The molecule has 3 aliphatic rings. The Morgan fingerprint density at radius 1 is 0.783 bits per heavy atom. The molecule has 60 heavy (non-hydrogen) atoms. The Balaban J connectivity index is 0.000000208. The third kappa shape index (κ3) is 9.41. The number of ether oxygens (including phenoxy) is 4. The number of nitrogens with zero attached hydrogens (tertiary/aromatic N) is 7. The van der Waals surface area contributed by atoms with Gasteiger partial charge in [-0.05, 0) is 99.7 Å². The first-order valence-corrected chi connectivity index (χ1v) is 20.8. The highest BCUT2D eigenvalue weighted by Gasteiger charge is 2.47. The van der Waals surface area contributed by atoms with E-state index in [1.807, 2.05) is 76.2 Å². The highest BCUT2D eigenvalue weighted by Crippen LogP contribution is 2.45. The van der Waals surface area contributed by atoms with Crippen LogP contribution in [0.25, 0.3) is 22.5 Å². The molecule has 2 aliphatic heterocycles. The molecule has 3 N–H and O–H groups in total. The van der Waals surface area contributed by atoms with Crippen molar-refractivity contribution in [2.24, 2.45) is 0 Å². The summed E-state index contributed by atoms with van der Waals surface area (Å²) in [5, 5.41) is 12.6. The largest absolute Gasteiger partial charge is 0.481 e. The number of carbonyl (C=O) groups is 1. The van der Waals surface area contributed by atoms with Crippen molar-refractivity contribution < 1.29 is 23.7 Å². The highest BCUT2D eigenvalue weighted by molar-refractivity contribution is 5.87. The maximum absolute atomic E-state index is 14.0. The molecule has 1 saturated carbocycles. The maximum atomic E-state index is 14.0. The fraction of sp³-hybridized carbons (Fsp3) is 0.391. The van der Waals surface area contributed by atoms with Gasteiger partial charge >= 0.3 is 0 Å². The molecule has 0 bridgehead atoms. The van der Waals surface area contributed by atoms with Crippen LogP contribution >= 0.6 is 0 Å². The average Bonchev–Trinajstić information content (AvgIpc) is 3.65. The number of pyridine rings is 3. The molecule has 7 heterocycles. The minimum absolute atomic E-state index is 0.00271. The number of nitrogens with two attached hydrogens (primary N) is 1. The third-order valence-electron chi connectivity index (χ3n) is 11.4. The van der Waals surface area contributed by atoms with Crippen molar-refractivity contribution in [2.45, 2.75) is 88.2 Å². The van der Waals surface area contributed by atoms with Gasteiger partial charge in [0, 0.05) is 67.3 Å². The first-order chi connectivity index (χ1) is 29.4. The van der Waals surface area contributed by atoms with E-state index in [-0.39, 0.29) is 36.2 Å². The predicted octanol–water partition coefficient (Wildman–Crippen LogP) is 7.28. The van der Waals surface area contributed by atoms with Crippen LogP contribution in [-0.2, 0) is 32.6 Å². The Morgan fingerprint density at radius 3 is 1.95 bits per heavy atom. The van der Waals surface area contributed by atoms with Crippen molar-refractivity contribution in [3.05, 3.63) is 121 Å². The molecule has 0 spiro atoms. The minimum Gasteiger partial charge on any atom is -0.481 e. The fourth-order valence-corrected chi connectivity index (χ4v) is 8.09. The zero-order valence-electron chi connectivity index (χ0n) is 34.3. The van der Waals surface area contributed by atoms with Gasteiger partial charge in [-0.25, -0.2) is 19.3 Å². The molecule has 14 nitrogen and oxygen atoms in total. The summed E-state index contributed by atoms with van der Waals surface area (Å²) >= 11 is 0. The number of carbonyl (C=O) groups excluding carboxylic acids is 1. The third-order valence-corrected chi connectivity index (χ3v) is 11.4. The van der Waals surface area contributed by atoms with Gasteiger partial charge in [0.2, 0.25) is 11.8 Å². The normalized spacial score (nSPS) is 18.8. The van der Waals surface area contributed by atoms with Crippen molar-refractivity contribution in [1.82, 2.24) is 39.8 Å². The van der Waals surface area contributed by atoms with Crippen LogP contribution in [-0.4, -0.2) is 73.8 Å². The van der Waals surface area contributed by atoms with Gasteiger partial charge in [-0.1, -0.05) is 36.4 Å². The second kappa shape index (κ2) is 19.0. The van der Waals surface area contributed by atoms with Crippen LogP contribution in [0.1, 0.15) is 80.6 Å². The van der Waals surface area contributed by atoms with Gasteiger partial charge in [0.15, 0.2) is 18.2 Å². The first kappa shape index (κ1) is 40.8. The molecule has 312 valence electrons. The predicted molar refractivity (Wildman–Crippen MR) is 227 cm³/mol. The van der Waals surface area contributed by atoms with Crippen molar-refractivity contribution in [3.8, 4) is 34.3 Å². The minimum atomic E-state index is -0.388. The molecule has 2 saturated heterocycles. The van der Waals surface area contributed by atoms with E-state index in [4.69, 9.17) is 24.7 Å². The zero-order chi connectivity index (χ0) is 41.3. The average molecular weight is 812 g/mol. The summed E-state index contributed by atoms with van der Waals surface area (Å²) in [5.41, 5.74) is 12.7. The number of aromatic nitrogens is 7. The monoisotopic (exact) mass is 811 g/mol. The van der Waals surface area contributed by atoms with Crippen LogP contribution in [0.4, 0.5) is 5.69 Å². The van der Waals surface area contributed by atoms with E-state index in [1.54, 1.807) is 39.0 Å². The molecule has 14 heteroatoms. The second-order valence-electron chi connectivity index (χ2n) is 15.5. The maximum Gasteiger partial charge on any atom is 0.236 e. The lowest BCUT2D eigenvalue weighted by Gasteiger charge is -2.25. The van der Waals surface area contributed by atoms with Crippen LogP contribution in [0.5, 0.6) is 11.8 Å². The van der Waals surface area contributed by atoms with E-state index >= 15 is 0 Å². The number of hydrogen-bond donors (Lipinski definition) is 2. The Hall–Kier alpha value is -5.96. The molecule has 3 atom stereocenters. The van der Waals surface area contributed by atoms with Crippen LogP contribution in [0.3, 0.4) is 0 Å². The van der Waals surface area contributed by atoms with Gasteiger partial charge in [0.25, 0.3) is 0 Å². The van der Waals surface area contributed by atoms with E-state index in [1.165, 1.54) is 0 Å². The van der Waals surface area contributed by atoms with E-state index in [2.05, 4.69) is 42.6 Å². The summed E-state index contributed by atoms with van der Waals surface area (Å²) in [7, 11) is 3.15. The number of ketones is 1. The molecule has 1 aromatic carbocycles. The van der Waals surface area contributed by atoms with Crippen LogP contribution in [0.15, 0.2) is 104 Å². The summed E-state index contributed by atoms with van der Waals surface area (Å²) in [6, 6.07) is 23.5. The first-order valence-electron chi connectivity index (χ1n) is 20.8. The molecule has 9 rings (SSSR count). The van der Waals surface area contributed by atoms with Crippen molar-refractivity contribution in [2.75, 3.05) is 33.2 Å². The number of methoxy groups -OCH3 is 2. The van der Waals surface area contributed by atoms with Crippen molar-refractivity contribution >= 4 is 11.5 Å². The van der Waals surface area contributed by atoms with E-state index < -0.39 is 0 Å². The number of hydrogen-bond acceptors (Lipinski definition) is 12. The number of nitrogens with one attached hydrogen (secondary N) is 1. The number of nitrogen functional groups attached to an aromatic ring is 1. The molecular weight excluding hydrogens is 759 g/mol. The Kier molecular flexibility index (Phi) is 12.9. The highest BCUT2D eigenvalue weighted by atomic mass is 16.5. The van der Waals surface area contributed by atoms with Gasteiger partial charge in [-0.3, -0.25) is 15.1 Å². The van der Waals surface area contributed by atoms with Crippen LogP contribution in [0, 0.1) is 0 Å². The van der Waals surface area contributed by atoms with Gasteiger partial charge in [0.05, 0.1) is 48.6 Å². The van der Waals surface area contributed by atoms with Gasteiger partial charge < -0.3 is 24.7 Å². The van der Waals surface area contributed by atoms with Crippen LogP contribution < -0.4 is 20.5 Å². The lowest BCUT2D eigenvalue weighted by atomic mass is 9.95. The lowest BCUT2D eigenvalue weighted by molar-refractivity contribution is -0.120. The molecular formula is C46H53N9O5. The van der Waals surface area contributed by atoms with Crippen molar-refractivity contribution in [3.63, 3.8) is 0 Å². The summed E-state index contributed by atoms with van der Waals surface area (Å²) in [6.45, 7) is 1.52. The summed E-state index contributed by atoms with van der Waals surface area (Å²) in [5.74, 6) is 0.988. The number of benzene rings is 1. The molecule has 0 amide bonds. The quantitative estimate of drug-likeness (QED) is 0.113. The van der Waals surface area contributed by atoms with Crippen molar-refractivity contribution in [1.29, 1.82) is 0 Å². The molecule has 2 unspecified atom stereocenters. The molecule has 5 aromatic heterocycles. The zero-order valence-corrected chi connectivity index (χ0v) is 34.3. The van der Waals surface area contributed by atoms with E-state index in [9.17, 15) is 4.79 Å². The Bertz CT molecular complexity index is 2320. The number of rotatable bonds is 14. The molecule has 0 radical (unpaired) electrons.